The van der Waals surface area contributed by atoms with Gasteiger partial charge < -0.3 is 10.1 Å². The summed E-state index contributed by atoms with van der Waals surface area (Å²) < 4.78 is 5.67. The molecule has 0 aromatic carbocycles. The van der Waals surface area contributed by atoms with E-state index in [0.29, 0.717) is 12.1 Å². The van der Waals surface area contributed by atoms with Crippen LogP contribution >= 0.6 is 11.8 Å². The molecule has 1 fully saturated rings. The van der Waals surface area contributed by atoms with E-state index in [0.717, 1.165) is 13.2 Å². The Kier molecular flexibility index (Phi) is 6.65. The maximum atomic E-state index is 5.67. The Hall–Kier alpha value is 0.270. The molecule has 0 aliphatic carbocycles. The zero-order valence-corrected chi connectivity index (χ0v) is 10.2. The number of ether oxygens (including phenoxy) is 1. The van der Waals surface area contributed by atoms with Crippen molar-refractivity contribution in [3.8, 4) is 0 Å². The molecule has 0 spiro atoms. The molecular formula is C11H23NOS. The van der Waals surface area contributed by atoms with Crippen molar-refractivity contribution >= 4 is 11.8 Å². The first-order chi connectivity index (χ1) is 6.83. The highest BCUT2D eigenvalue weighted by Gasteiger charge is 2.13. The van der Waals surface area contributed by atoms with Gasteiger partial charge in [0.05, 0.1) is 6.10 Å². The van der Waals surface area contributed by atoms with Crippen LogP contribution in [0.3, 0.4) is 0 Å². The van der Waals surface area contributed by atoms with Gasteiger partial charge in [0.2, 0.25) is 0 Å². The molecule has 3 heteroatoms. The third-order valence-corrected chi connectivity index (χ3v) is 3.37. The zero-order valence-electron chi connectivity index (χ0n) is 9.42. The van der Waals surface area contributed by atoms with E-state index in [4.69, 9.17) is 4.74 Å². The molecule has 1 N–H and O–H groups in total. The summed E-state index contributed by atoms with van der Waals surface area (Å²) in [5.41, 5.74) is 0. The van der Waals surface area contributed by atoms with Gasteiger partial charge in [-0.2, -0.15) is 11.8 Å². The molecule has 1 aliphatic heterocycles. The molecule has 0 aromatic heterocycles. The molecule has 1 saturated heterocycles. The first-order valence-corrected chi connectivity index (χ1v) is 7.06. The largest absolute Gasteiger partial charge is 0.377 e. The summed E-state index contributed by atoms with van der Waals surface area (Å²) in [6, 6.07) is 0.632. The maximum absolute atomic E-state index is 5.67. The third-order valence-electron chi connectivity index (χ3n) is 2.72. The van der Waals surface area contributed by atoms with Crippen LogP contribution in [0.25, 0.3) is 0 Å². The molecule has 2 nitrogen and oxygen atoms in total. The molecule has 0 aromatic rings. The maximum Gasteiger partial charge on any atom is 0.0699 e. The topological polar surface area (TPSA) is 21.3 Å². The molecule has 1 aliphatic rings. The molecule has 2 atom stereocenters. The van der Waals surface area contributed by atoms with Gasteiger partial charge in [-0.05, 0) is 44.6 Å². The van der Waals surface area contributed by atoms with E-state index >= 15 is 0 Å². The summed E-state index contributed by atoms with van der Waals surface area (Å²) in [5.74, 6) is 1.25. The lowest BCUT2D eigenvalue weighted by Gasteiger charge is -2.24. The molecule has 2 unspecified atom stereocenters. The lowest BCUT2D eigenvalue weighted by atomic mass is 10.1. The molecule has 0 saturated carbocycles. The minimum Gasteiger partial charge on any atom is -0.377 e. The molecule has 1 heterocycles. The second kappa shape index (κ2) is 7.55. The van der Waals surface area contributed by atoms with Gasteiger partial charge in [0, 0.05) is 19.2 Å². The smallest absolute Gasteiger partial charge is 0.0699 e. The molecular weight excluding hydrogens is 194 g/mol. The van der Waals surface area contributed by atoms with E-state index < -0.39 is 0 Å². The molecule has 0 radical (unpaired) electrons. The van der Waals surface area contributed by atoms with Gasteiger partial charge in [0.25, 0.3) is 0 Å². The van der Waals surface area contributed by atoms with Crippen molar-refractivity contribution in [1.29, 1.82) is 0 Å². The van der Waals surface area contributed by atoms with Crippen LogP contribution in [0.15, 0.2) is 0 Å². The number of hydrogen-bond donors (Lipinski definition) is 1. The summed E-state index contributed by atoms with van der Waals surface area (Å²) in [4.78, 5) is 0. The van der Waals surface area contributed by atoms with Crippen molar-refractivity contribution in [3.63, 3.8) is 0 Å². The lowest BCUT2D eigenvalue weighted by molar-refractivity contribution is 0.0156. The van der Waals surface area contributed by atoms with Gasteiger partial charge >= 0.3 is 0 Å². The summed E-state index contributed by atoms with van der Waals surface area (Å²) in [7, 11) is 0. The van der Waals surface area contributed by atoms with E-state index in [1.54, 1.807) is 0 Å². The fourth-order valence-corrected chi connectivity index (χ4v) is 2.29. The molecule has 1 rings (SSSR count). The summed E-state index contributed by atoms with van der Waals surface area (Å²) >= 11 is 1.92. The van der Waals surface area contributed by atoms with Gasteiger partial charge in [-0.25, -0.2) is 0 Å². The van der Waals surface area contributed by atoms with E-state index in [9.17, 15) is 0 Å². The van der Waals surface area contributed by atoms with Crippen LogP contribution in [0.2, 0.25) is 0 Å². The Morgan fingerprint density at radius 1 is 1.50 bits per heavy atom. The highest BCUT2D eigenvalue weighted by Crippen LogP contribution is 2.12. The van der Waals surface area contributed by atoms with Crippen LogP contribution in [0.4, 0.5) is 0 Å². The Morgan fingerprint density at radius 3 is 3.00 bits per heavy atom. The van der Waals surface area contributed by atoms with E-state index in [2.05, 4.69) is 18.5 Å². The van der Waals surface area contributed by atoms with Crippen molar-refractivity contribution in [2.75, 3.05) is 25.2 Å². The highest BCUT2D eigenvalue weighted by atomic mass is 32.2. The monoisotopic (exact) mass is 217 g/mol. The van der Waals surface area contributed by atoms with Crippen LogP contribution in [0, 0.1) is 0 Å². The summed E-state index contributed by atoms with van der Waals surface area (Å²) in [6.45, 7) is 4.26. The molecule has 84 valence electrons. The average molecular weight is 217 g/mol. The third kappa shape index (κ3) is 5.23. The number of hydrogen-bond acceptors (Lipinski definition) is 3. The first kappa shape index (κ1) is 12.3. The Bertz CT molecular complexity index is 137. The molecule has 0 amide bonds. The van der Waals surface area contributed by atoms with E-state index in [1.807, 2.05) is 11.8 Å². The minimum atomic E-state index is 0.473. The first-order valence-electron chi connectivity index (χ1n) is 5.67. The molecule has 0 bridgehead atoms. The van der Waals surface area contributed by atoms with E-state index in [-0.39, 0.29) is 0 Å². The Balaban J connectivity index is 2.00. The van der Waals surface area contributed by atoms with Gasteiger partial charge in [-0.15, -0.1) is 0 Å². The summed E-state index contributed by atoms with van der Waals surface area (Å²) in [5, 5.41) is 3.55. The average Bonchev–Trinajstić information content (AvgIpc) is 2.25. The Morgan fingerprint density at radius 2 is 2.36 bits per heavy atom. The van der Waals surface area contributed by atoms with E-state index in [1.165, 1.54) is 31.4 Å². The van der Waals surface area contributed by atoms with Gasteiger partial charge in [-0.3, -0.25) is 0 Å². The van der Waals surface area contributed by atoms with Gasteiger partial charge in [-0.1, -0.05) is 0 Å². The second-order valence-corrected chi connectivity index (χ2v) is 5.06. The SMILES string of the molecule is CSCCC(C)NCC1CCCCO1. The van der Waals surface area contributed by atoms with Gasteiger partial charge in [0.15, 0.2) is 0 Å². The van der Waals surface area contributed by atoms with Crippen molar-refractivity contribution in [2.45, 2.75) is 44.8 Å². The van der Waals surface area contributed by atoms with Crippen LogP contribution in [0.1, 0.15) is 32.6 Å². The number of rotatable bonds is 6. The van der Waals surface area contributed by atoms with Crippen LogP contribution in [-0.2, 0) is 4.74 Å². The predicted molar refractivity (Wildman–Crippen MR) is 64.1 cm³/mol. The van der Waals surface area contributed by atoms with Crippen molar-refractivity contribution < 1.29 is 4.74 Å². The fraction of sp³-hybridized carbons (Fsp3) is 1.00. The normalized spacial score (nSPS) is 24.9. The second-order valence-electron chi connectivity index (χ2n) is 4.08. The zero-order chi connectivity index (χ0) is 10.2. The molecule has 14 heavy (non-hydrogen) atoms. The van der Waals surface area contributed by atoms with Crippen LogP contribution < -0.4 is 5.32 Å². The number of thioether (sulfide) groups is 1. The fourth-order valence-electron chi connectivity index (χ4n) is 1.70. The lowest BCUT2D eigenvalue weighted by Crippen LogP contribution is -2.36. The minimum absolute atomic E-state index is 0.473. The van der Waals surface area contributed by atoms with Crippen molar-refractivity contribution in [3.05, 3.63) is 0 Å². The standard InChI is InChI=1S/C11H23NOS/c1-10(6-8-14-2)12-9-11-5-3-4-7-13-11/h10-12H,3-9H2,1-2H3. The van der Waals surface area contributed by atoms with Gasteiger partial charge in [0.1, 0.15) is 0 Å². The van der Waals surface area contributed by atoms with Crippen molar-refractivity contribution in [1.82, 2.24) is 5.32 Å². The highest BCUT2D eigenvalue weighted by molar-refractivity contribution is 7.98. The van der Waals surface area contributed by atoms with Crippen molar-refractivity contribution in [2.24, 2.45) is 0 Å². The van der Waals surface area contributed by atoms with Crippen LogP contribution in [-0.4, -0.2) is 37.3 Å². The Labute approximate surface area is 92.2 Å². The summed E-state index contributed by atoms with van der Waals surface area (Å²) in [6.07, 6.45) is 7.72. The van der Waals surface area contributed by atoms with Crippen LogP contribution in [0.5, 0.6) is 0 Å². The number of nitrogens with one attached hydrogen (secondary N) is 1. The quantitative estimate of drug-likeness (QED) is 0.737. The predicted octanol–water partition coefficient (Wildman–Crippen LogP) is 2.29.